The van der Waals surface area contributed by atoms with Crippen LogP contribution in [0.2, 0.25) is 0 Å². The molecule has 2 rings (SSSR count). The summed E-state index contributed by atoms with van der Waals surface area (Å²) in [5, 5.41) is 2.88. The zero-order valence-electron chi connectivity index (χ0n) is 10.3. The van der Waals surface area contributed by atoms with Gasteiger partial charge in [0.25, 0.3) is 5.91 Å². The Hall–Kier alpha value is -1.39. The Balaban J connectivity index is 1.96. The largest absolute Gasteiger partial charge is 0.366 e. The lowest BCUT2D eigenvalue weighted by Crippen LogP contribution is -2.46. The van der Waals surface area contributed by atoms with E-state index in [2.05, 4.69) is 10.2 Å². The van der Waals surface area contributed by atoms with Gasteiger partial charge in [-0.05, 0) is 31.7 Å². The van der Waals surface area contributed by atoms with Crippen molar-refractivity contribution < 1.29 is 9.53 Å². The fraction of sp³-hybridized carbons (Fsp3) is 0.462. The van der Waals surface area contributed by atoms with Crippen LogP contribution in [-0.2, 0) is 9.53 Å². The third kappa shape index (κ3) is 3.28. The van der Waals surface area contributed by atoms with Crippen LogP contribution < -0.4 is 5.32 Å². The molecule has 0 saturated carbocycles. The number of rotatable bonds is 2. The molecular weight excluding hydrogens is 216 g/mol. The highest BCUT2D eigenvalue weighted by Crippen LogP contribution is 2.11. The highest BCUT2D eigenvalue weighted by Gasteiger charge is 2.24. The van der Waals surface area contributed by atoms with Crippen molar-refractivity contribution in [3.8, 4) is 0 Å². The molecule has 4 nitrogen and oxygen atoms in total. The van der Waals surface area contributed by atoms with Gasteiger partial charge in [-0.15, -0.1) is 0 Å². The Morgan fingerprint density at radius 3 is 3.06 bits per heavy atom. The van der Waals surface area contributed by atoms with Crippen LogP contribution in [-0.4, -0.2) is 43.7 Å². The van der Waals surface area contributed by atoms with Gasteiger partial charge >= 0.3 is 0 Å². The SMILES string of the molecule is Cc1cccc(NC(=O)C2CN(C)CCO2)c1. The van der Waals surface area contributed by atoms with E-state index < -0.39 is 0 Å². The molecule has 1 fully saturated rings. The average molecular weight is 234 g/mol. The first-order valence-corrected chi connectivity index (χ1v) is 5.83. The lowest BCUT2D eigenvalue weighted by molar-refractivity contribution is -0.132. The van der Waals surface area contributed by atoms with Gasteiger partial charge in [0, 0.05) is 18.8 Å². The molecule has 1 heterocycles. The molecule has 1 unspecified atom stereocenters. The summed E-state index contributed by atoms with van der Waals surface area (Å²) >= 11 is 0. The molecule has 17 heavy (non-hydrogen) atoms. The Labute approximate surface area is 102 Å². The molecule has 0 aliphatic carbocycles. The van der Waals surface area contributed by atoms with Crippen molar-refractivity contribution in [3.05, 3.63) is 29.8 Å². The Bertz CT molecular complexity index is 406. The first-order valence-electron chi connectivity index (χ1n) is 5.83. The van der Waals surface area contributed by atoms with Gasteiger partial charge in [0.15, 0.2) is 0 Å². The van der Waals surface area contributed by atoms with Crippen LogP contribution in [0.25, 0.3) is 0 Å². The maximum absolute atomic E-state index is 12.0. The number of likely N-dealkylation sites (N-methyl/N-ethyl adjacent to an activating group) is 1. The third-order valence-electron chi connectivity index (χ3n) is 2.85. The highest BCUT2D eigenvalue weighted by atomic mass is 16.5. The average Bonchev–Trinajstić information content (AvgIpc) is 2.29. The first kappa shape index (κ1) is 12.1. The number of hydrogen-bond donors (Lipinski definition) is 1. The quantitative estimate of drug-likeness (QED) is 0.837. The second-order valence-electron chi connectivity index (χ2n) is 4.48. The van der Waals surface area contributed by atoms with Crippen LogP contribution in [0, 0.1) is 6.92 Å². The van der Waals surface area contributed by atoms with Crippen LogP contribution in [0.4, 0.5) is 5.69 Å². The van der Waals surface area contributed by atoms with Crippen LogP contribution in [0.15, 0.2) is 24.3 Å². The number of nitrogens with one attached hydrogen (secondary N) is 1. The third-order valence-corrected chi connectivity index (χ3v) is 2.85. The topological polar surface area (TPSA) is 41.6 Å². The number of anilines is 1. The van der Waals surface area contributed by atoms with Gasteiger partial charge in [0.1, 0.15) is 6.10 Å². The summed E-state index contributed by atoms with van der Waals surface area (Å²) in [6, 6.07) is 7.77. The first-order chi connectivity index (χ1) is 8.15. The maximum atomic E-state index is 12.0. The number of carbonyl (C=O) groups is 1. The molecule has 4 heteroatoms. The molecule has 1 amide bonds. The smallest absolute Gasteiger partial charge is 0.254 e. The van der Waals surface area contributed by atoms with Gasteiger partial charge in [0.05, 0.1) is 6.61 Å². The van der Waals surface area contributed by atoms with Crippen molar-refractivity contribution in [2.45, 2.75) is 13.0 Å². The standard InChI is InChI=1S/C13H18N2O2/c1-10-4-3-5-11(8-10)14-13(16)12-9-15(2)6-7-17-12/h3-5,8,12H,6-7,9H2,1-2H3,(H,14,16). The number of ether oxygens (including phenoxy) is 1. The predicted octanol–water partition coefficient (Wildman–Crippen LogP) is 1.26. The van der Waals surface area contributed by atoms with Gasteiger partial charge in [-0.25, -0.2) is 0 Å². The van der Waals surface area contributed by atoms with E-state index in [9.17, 15) is 4.79 Å². The molecule has 1 aliphatic heterocycles. The van der Waals surface area contributed by atoms with E-state index in [0.29, 0.717) is 13.2 Å². The predicted molar refractivity (Wildman–Crippen MR) is 67.0 cm³/mol. The Morgan fingerprint density at radius 1 is 1.53 bits per heavy atom. The van der Waals surface area contributed by atoms with Crippen LogP contribution >= 0.6 is 0 Å². The van der Waals surface area contributed by atoms with E-state index in [-0.39, 0.29) is 12.0 Å². The fourth-order valence-electron chi connectivity index (χ4n) is 1.88. The van der Waals surface area contributed by atoms with Gasteiger partial charge in [0.2, 0.25) is 0 Å². The van der Waals surface area contributed by atoms with Crippen molar-refractivity contribution in [1.82, 2.24) is 4.90 Å². The molecule has 1 N–H and O–H groups in total. The lowest BCUT2D eigenvalue weighted by atomic mass is 10.2. The minimum atomic E-state index is -0.366. The monoisotopic (exact) mass is 234 g/mol. The molecule has 1 saturated heterocycles. The number of carbonyl (C=O) groups excluding carboxylic acids is 1. The van der Waals surface area contributed by atoms with E-state index in [1.165, 1.54) is 0 Å². The van der Waals surface area contributed by atoms with Gasteiger partial charge in [-0.1, -0.05) is 12.1 Å². The lowest BCUT2D eigenvalue weighted by Gasteiger charge is -2.29. The Morgan fingerprint density at radius 2 is 2.35 bits per heavy atom. The number of nitrogens with zero attached hydrogens (tertiary/aromatic N) is 1. The van der Waals surface area contributed by atoms with Crippen molar-refractivity contribution in [3.63, 3.8) is 0 Å². The second-order valence-corrected chi connectivity index (χ2v) is 4.48. The minimum Gasteiger partial charge on any atom is -0.366 e. The molecule has 0 bridgehead atoms. The zero-order chi connectivity index (χ0) is 12.3. The van der Waals surface area contributed by atoms with Crippen molar-refractivity contribution in [2.24, 2.45) is 0 Å². The molecular formula is C13H18N2O2. The van der Waals surface area contributed by atoms with Crippen molar-refractivity contribution >= 4 is 11.6 Å². The van der Waals surface area contributed by atoms with Crippen LogP contribution in [0.1, 0.15) is 5.56 Å². The highest BCUT2D eigenvalue weighted by molar-refractivity contribution is 5.94. The minimum absolute atomic E-state index is 0.0675. The van der Waals surface area contributed by atoms with E-state index in [1.54, 1.807) is 0 Å². The number of benzene rings is 1. The summed E-state index contributed by atoms with van der Waals surface area (Å²) in [5.74, 6) is -0.0675. The normalized spacial score (nSPS) is 21.2. The number of amides is 1. The van der Waals surface area contributed by atoms with E-state index in [4.69, 9.17) is 4.74 Å². The summed E-state index contributed by atoms with van der Waals surface area (Å²) in [5.41, 5.74) is 1.95. The summed E-state index contributed by atoms with van der Waals surface area (Å²) in [6.45, 7) is 4.15. The molecule has 1 aromatic carbocycles. The number of morpholine rings is 1. The van der Waals surface area contributed by atoms with Gasteiger partial charge in [-0.2, -0.15) is 0 Å². The molecule has 0 spiro atoms. The second kappa shape index (κ2) is 5.29. The molecule has 0 aromatic heterocycles. The van der Waals surface area contributed by atoms with Gasteiger partial charge < -0.3 is 15.0 Å². The van der Waals surface area contributed by atoms with Gasteiger partial charge in [-0.3, -0.25) is 4.79 Å². The summed E-state index contributed by atoms with van der Waals surface area (Å²) in [7, 11) is 2.00. The molecule has 0 radical (unpaired) electrons. The van der Waals surface area contributed by atoms with Crippen LogP contribution in [0.5, 0.6) is 0 Å². The zero-order valence-corrected chi connectivity index (χ0v) is 10.3. The summed E-state index contributed by atoms with van der Waals surface area (Å²) < 4.78 is 5.46. The molecule has 1 aliphatic rings. The van der Waals surface area contributed by atoms with Crippen molar-refractivity contribution in [1.29, 1.82) is 0 Å². The van der Waals surface area contributed by atoms with E-state index >= 15 is 0 Å². The molecule has 1 atom stereocenters. The van der Waals surface area contributed by atoms with Crippen molar-refractivity contribution in [2.75, 3.05) is 32.1 Å². The van der Waals surface area contributed by atoms with E-state index in [1.807, 2.05) is 38.2 Å². The van der Waals surface area contributed by atoms with Crippen LogP contribution in [0.3, 0.4) is 0 Å². The molecule has 92 valence electrons. The summed E-state index contributed by atoms with van der Waals surface area (Å²) in [4.78, 5) is 14.1. The summed E-state index contributed by atoms with van der Waals surface area (Å²) in [6.07, 6.45) is -0.366. The Kier molecular flexibility index (Phi) is 3.76. The number of aryl methyl sites for hydroxylation is 1. The number of hydrogen-bond acceptors (Lipinski definition) is 3. The molecule has 1 aromatic rings. The van der Waals surface area contributed by atoms with E-state index in [0.717, 1.165) is 17.8 Å². The fourth-order valence-corrected chi connectivity index (χ4v) is 1.88. The maximum Gasteiger partial charge on any atom is 0.254 e.